The van der Waals surface area contributed by atoms with Gasteiger partial charge in [-0.3, -0.25) is 4.79 Å². The molecule has 0 spiro atoms. The lowest BCUT2D eigenvalue weighted by Crippen LogP contribution is -2.41. The maximum atomic E-state index is 13.2. The number of aromatic nitrogens is 1. The Hall–Kier alpha value is -1.70. The average Bonchev–Trinajstić information content (AvgIpc) is 2.25. The van der Waals surface area contributed by atoms with Crippen molar-refractivity contribution in [1.82, 2.24) is 10.3 Å². The van der Waals surface area contributed by atoms with Gasteiger partial charge in [0.15, 0.2) is 5.82 Å². The van der Waals surface area contributed by atoms with Gasteiger partial charge in [0.1, 0.15) is 16.9 Å². The first-order valence-corrected chi connectivity index (χ1v) is 5.82. The van der Waals surface area contributed by atoms with Crippen LogP contribution in [0.25, 0.3) is 0 Å². The maximum absolute atomic E-state index is 13.2. The number of thioether (sulfide) groups is 1. The van der Waals surface area contributed by atoms with Gasteiger partial charge in [0.2, 0.25) is 5.91 Å². The third kappa shape index (κ3) is 4.28. The quantitative estimate of drug-likeness (QED) is 0.786. The number of carbonyl (C=O) groups excluding carboxylic acids is 1. The summed E-state index contributed by atoms with van der Waals surface area (Å²) in [6.45, 7) is 1.18. The van der Waals surface area contributed by atoms with E-state index in [-0.39, 0.29) is 10.8 Å². The van der Waals surface area contributed by atoms with Crippen LogP contribution in [0.15, 0.2) is 17.3 Å². The van der Waals surface area contributed by atoms with E-state index in [1.54, 1.807) is 0 Å². The molecule has 1 atom stereocenters. The van der Waals surface area contributed by atoms with Gasteiger partial charge in [0.25, 0.3) is 0 Å². The molecule has 5 nitrogen and oxygen atoms in total. The molecule has 0 bridgehead atoms. The van der Waals surface area contributed by atoms with Gasteiger partial charge < -0.3 is 10.4 Å². The number of carbonyl (C=O) groups is 2. The number of rotatable bonds is 5. The summed E-state index contributed by atoms with van der Waals surface area (Å²) in [6.07, 6.45) is 0.833. The number of hydrogen-bond acceptors (Lipinski definition) is 4. The molecule has 1 rings (SSSR count). The number of hydrogen-bond donors (Lipinski definition) is 2. The minimum Gasteiger partial charge on any atom is -0.480 e. The number of nitrogens with one attached hydrogen (secondary N) is 1. The standard InChI is InChI=1S/C10H10F2N2O3S/c1-5(15)14-8(10(16)17)4-18-9-7(12)2-6(11)3-13-9/h2-3,8H,4H2,1H3,(H,14,15)(H,16,17). The molecule has 1 aromatic rings. The van der Waals surface area contributed by atoms with E-state index in [1.165, 1.54) is 6.92 Å². The molecule has 1 amide bonds. The van der Waals surface area contributed by atoms with E-state index in [0.29, 0.717) is 6.07 Å². The molecule has 0 aliphatic rings. The Kier molecular flexibility index (Phi) is 5.02. The fourth-order valence-corrected chi connectivity index (χ4v) is 1.97. The van der Waals surface area contributed by atoms with Crippen LogP contribution < -0.4 is 5.32 Å². The summed E-state index contributed by atoms with van der Waals surface area (Å²) in [5.41, 5.74) is 0. The molecule has 1 aromatic heterocycles. The largest absolute Gasteiger partial charge is 0.480 e. The Morgan fingerprint density at radius 1 is 1.56 bits per heavy atom. The van der Waals surface area contributed by atoms with E-state index >= 15 is 0 Å². The number of aliphatic carboxylic acids is 1. The van der Waals surface area contributed by atoms with Gasteiger partial charge in [-0.2, -0.15) is 0 Å². The highest BCUT2D eigenvalue weighted by atomic mass is 32.2. The van der Waals surface area contributed by atoms with Gasteiger partial charge >= 0.3 is 5.97 Å². The van der Waals surface area contributed by atoms with E-state index in [1.807, 2.05) is 0 Å². The summed E-state index contributed by atoms with van der Waals surface area (Å²) in [7, 11) is 0. The summed E-state index contributed by atoms with van der Waals surface area (Å²) >= 11 is 0.786. The molecule has 1 unspecified atom stereocenters. The van der Waals surface area contributed by atoms with Crippen molar-refractivity contribution in [2.24, 2.45) is 0 Å². The van der Waals surface area contributed by atoms with Crippen LogP contribution in [-0.2, 0) is 9.59 Å². The molecule has 0 saturated carbocycles. The third-order valence-electron chi connectivity index (χ3n) is 1.84. The third-order valence-corrected chi connectivity index (χ3v) is 2.91. The number of halogens is 2. The van der Waals surface area contributed by atoms with Crippen molar-refractivity contribution in [2.45, 2.75) is 18.0 Å². The first kappa shape index (κ1) is 14.4. The second-order valence-electron chi connectivity index (χ2n) is 3.34. The molecular weight excluding hydrogens is 266 g/mol. The van der Waals surface area contributed by atoms with Crippen LogP contribution in [0.1, 0.15) is 6.92 Å². The molecule has 0 saturated heterocycles. The zero-order valence-electron chi connectivity index (χ0n) is 9.31. The van der Waals surface area contributed by atoms with Gasteiger partial charge in [-0.25, -0.2) is 18.6 Å². The Morgan fingerprint density at radius 3 is 2.72 bits per heavy atom. The van der Waals surface area contributed by atoms with Crippen LogP contribution in [-0.4, -0.2) is 33.8 Å². The van der Waals surface area contributed by atoms with Crippen LogP contribution in [0.3, 0.4) is 0 Å². The predicted octanol–water partition coefficient (Wildman–Crippen LogP) is 1.04. The summed E-state index contributed by atoms with van der Waals surface area (Å²) in [5.74, 6) is -3.53. The Balaban J connectivity index is 2.66. The van der Waals surface area contributed by atoms with Gasteiger partial charge in [0.05, 0.1) is 6.20 Å². The number of carboxylic acid groups (broad SMARTS) is 1. The number of amides is 1. The second-order valence-corrected chi connectivity index (χ2v) is 4.35. The van der Waals surface area contributed by atoms with Crippen LogP contribution in [0.4, 0.5) is 8.78 Å². The summed E-state index contributed by atoms with van der Waals surface area (Å²) in [6, 6.07) is -0.498. The molecule has 0 aliphatic carbocycles. The van der Waals surface area contributed by atoms with Gasteiger partial charge in [-0.15, -0.1) is 11.8 Å². The molecule has 1 heterocycles. The number of carboxylic acids is 1. The molecular formula is C10H10F2N2O3S. The Labute approximate surface area is 106 Å². The SMILES string of the molecule is CC(=O)NC(CSc1ncc(F)cc1F)C(=O)O. The van der Waals surface area contributed by atoms with E-state index in [2.05, 4.69) is 10.3 Å². The molecule has 0 radical (unpaired) electrons. The monoisotopic (exact) mass is 276 g/mol. The van der Waals surface area contributed by atoms with Crippen molar-refractivity contribution in [2.75, 3.05) is 5.75 Å². The molecule has 8 heteroatoms. The molecule has 0 aliphatic heterocycles. The van der Waals surface area contributed by atoms with Crippen molar-refractivity contribution < 1.29 is 23.5 Å². The highest BCUT2D eigenvalue weighted by Gasteiger charge is 2.19. The second kappa shape index (κ2) is 6.29. The van der Waals surface area contributed by atoms with Crippen molar-refractivity contribution >= 4 is 23.6 Å². The van der Waals surface area contributed by atoms with Crippen molar-refractivity contribution in [3.8, 4) is 0 Å². The first-order chi connectivity index (χ1) is 8.40. The van der Waals surface area contributed by atoms with Crippen molar-refractivity contribution in [3.05, 3.63) is 23.9 Å². The van der Waals surface area contributed by atoms with E-state index in [0.717, 1.165) is 18.0 Å². The topological polar surface area (TPSA) is 79.3 Å². The van der Waals surface area contributed by atoms with Gasteiger partial charge in [0, 0.05) is 18.7 Å². The summed E-state index contributed by atoms with van der Waals surface area (Å²) < 4.78 is 25.8. The van der Waals surface area contributed by atoms with E-state index in [9.17, 15) is 18.4 Å². The lowest BCUT2D eigenvalue weighted by atomic mass is 10.3. The van der Waals surface area contributed by atoms with Crippen molar-refractivity contribution in [1.29, 1.82) is 0 Å². The van der Waals surface area contributed by atoms with Crippen LogP contribution >= 0.6 is 11.8 Å². The highest BCUT2D eigenvalue weighted by molar-refractivity contribution is 7.99. The minimum atomic E-state index is -1.24. The lowest BCUT2D eigenvalue weighted by molar-refractivity contribution is -0.140. The van der Waals surface area contributed by atoms with Crippen LogP contribution in [0.2, 0.25) is 0 Å². The van der Waals surface area contributed by atoms with E-state index < -0.39 is 29.6 Å². The normalized spacial score (nSPS) is 11.9. The van der Waals surface area contributed by atoms with Crippen LogP contribution in [0, 0.1) is 11.6 Å². The van der Waals surface area contributed by atoms with Gasteiger partial charge in [-0.1, -0.05) is 0 Å². The Morgan fingerprint density at radius 2 is 2.22 bits per heavy atom. The highest BCUT2D eigenvalue weighted by Crippen LogP contribution is 2.20. The van der Waals surface area contributed by atoms with E-state index in [4.69, 9.17) is 5.11 Å². The minimum absolute atomic E-state index is 0.107. The number of pyridine rings is 1. The molecule has 0 fully saturated rings. The van der Waals surface area contributed by atoms with Gasteiger partial charge in [-0.05, 0) is 0 Å². The molecule has 0 aromatic carbocycles. The average molecular weight is 276 g/mol. The lowest BCUT2D eigenvalue weighted by Gasteiger charge is -2.12. The summed E-state index contributed by atoms with van der Waals surface area (Å²) in [4.78, 5) is 25.0. The fourth-order valence-electron chi connectivity index (χ4n) is 1.09. The number of nitrogens with zero attached hydrogens (tertiary/aromatic N) is 1. The van der Waals surface area contributed by atoms with Crippen LogP contribution in [0.5, 0.6) is 0 Å². The Bertz CT molecular complexity index is 470. The molecule has 98 valence electrons. The smallest absolute Gasteiger partial charge is 0.327 e. The molecule has 2 N–H and O–H groups in total. The predicted molar refractivity (Wildman–Crippen MR) is 60.1 cm³/mol. The molecule has 18 heavy (non-hydrogen) atoms. The fraction of sp³-hybridized carbons (Fsp3) is 0.300. The summed E-state index contributed by atoms with van der Waals surface area (Å²) in [5, 5.41) is 10.9. The zero-order chi connectivity index (χ0) is 13.7. The van der Waals surface area contributed by atoms with Crippen molar-refractivity contribution in [3.63, 3.8) is 0 Å². The zero-order valence-corrected chi connectivity index (χ0v) is 10.1. The maximum Gasteiger partial charge on any atom is 0.327 e. The first-order valence-electron chi connectivity index (χ1n) is 4.84.